The van der Waals surface area contributed by atoms with E-state index >= 15 is 0 Å². The maximum atomic E-state index is 13.2. The summed E-state index contributed by atoms with van der Waals surface area (Å²) in [5, 5.41) is 3.53. The summed E-state index contributed by atoms with van der Waals surface area (Å²) >= 11 is 6.24. The molecule has 2 aromatic carbocycles. The van der Waals surface area contributed by atoms with Crippen molar-refractivity contribution in [1.29, 1.82) is 0 Å². The molecule has 2 amide bonds. The fourth-order valence-corrected chi connectivity index (χ4v) is 3.14. The van der Waals surface area contributed by atoms with Crippen LogP contribution < -0.4 is 5.32 Å². The zero-order chi connectivity index (χ0) is 20.9. The number of amides is 2. The first-order valence-electron chi connectivity index (χ1n) is 9.48. The van der Waals surface area contributed by atoms with Gasteiger partial charge in [0.2, 0.25) is 11.8 Å². The van der Waals surface area contributed by atoms with Gasteiger partial charge in [0.15, 0.2) is 0 Å². The highest BCUT2D eigenvalue weighted by atomic mass is 35.5. The van der Waals surface area contributed by atoms with Gasteiger partial charge in [-0.25, -0.2) is 0 Å². The normalized spacial score (nSPS) is 12.4. The molecule has 150 valence electrons. The van der Waals surface area contributed by atoms with Gasteiger partial charge in [0.25, 0.3) is 0 Å². The highest BCUT2D eigenvalue weighted by Gasteiger charge is 2.28. The van der Waals surface area contributed by atoms with Gasteiger partial charge in [-0.2, -0.15) is 0 Å². The monoisotopic (exact) mass is 400 g/mol. The Morgan fingerprint density at radius 2 is 1.61 bits per heavy atom. The lowest BCUT2D eigenvalue weighted by molar-refractivity contribution is -0.140. The van der Waals surface area contributed by atoms with Crippen LogP contribution in [0.3, 0.4) is 0 Å². The van der Waals surface area contributed by atoms with Gasteiger partial charge in [0, 0.05) is 17.1 Å². The maximum Gasteiger partial charge on any atom is 0.242 e. The van der Waals surface area contributed by atoms with Crippen LogP contribution in [0.4, 0.5) is 0 Å². The number of carbonyl (C=O) groups is 2. The fourth-order valence-electron chi connectivity index (χ4n) is 2.93. The van der Waals surface area contributed by atoms with Crippen molar-refractivity contribution >= 4 is 23.4 Å². The first-order chi connectivity index (χ1) is 13.1. The van der Waals surface area contributed by atoms with Crippen LogP contribution in [0, 0.1) is 6.92 Å². The predicted molar refractivity (Wildman–Crippen MR) is 114 cm³/mol. The zero-order valence-corrected chi connectivity index (χ0v) is 18.0. The van der Waals surface area contributed by atoms with Crippen molar-refractivity contribution in [2.45, 2.75) is 59.2 Å². The van der Waals surface area contributed by atoms with Crippen molar-refractivity contribution in [2.75, 3.05) is 0 Å². The van der Waals surface area contributed by atoms with E-state index < -0.39 is 6.04 Å². The van der Waals surface area contributed by atoms with Gasteiger partial charge < -0.3 is 10.2 Å². The van der Waals surface area contributed by atoms with Gasteiger partial charge in [0.1, 0.15) is 6.04 Å². The molecule has 1 atom stereocenters. The van der Waals surface area contributed by atoms with Crippen molar-refractivity contribution in [2.24, 2.45) is 0 Å². The number of nitrogens with one attached hydrogen (secondary N) is 1. The van der Waals surface area contributed by atoms with Crippen LogP contribution in [0.2, 0.25) is 5.02 Å². The lowest BCUT2D eigenvalue weighted by atomic mass is 10.0. The summed E-state index contributed by atoms with van der Waals surface area (Å²) in [5.41, 5.74) is 2.49. The van der Waals surface area contributed by atoms with Gasteiger partial charge in [-0.05, 0) is 57.4 Å². The second-order valence-corrected chi connectivity index (χ2v) is 8.54. The predicted octanol–water partition coefficient (Wildman–Crippen LogP) is 4.52. The van der Waals surface area contributed by atoms with Crippen molar-refractivity contribution < 1.29 is 9.59 Å². The average molecular weight is 401 g/mol. The highest BCUT2D eigenvalue weighted by Crippen LogP contribution is 2.19. The Hall–Kier alpha value is -2.33. The first kappa shape index (κ1) is 22.0. The van der Waals surface area contributed by atoms with E-state index in [1.54, 1.807) is 17.9 Å². The minimum atomic E-state index is -0.603. The largest absolute Gasteiger partial charge is 0.350 e. The van der Waals surface area contributed by atoms with E-state index in [0.717, 1.165) is 16.7 Å². The second-order valence-electron chi connectivity index (χ2n) is 8.13. The molecule has 0 saturated heterocycles. The van der Waals surface area contributed by atoms with Gasteiger partial charge in [-0.1, -0.05) is 54.1 Å². The third-order valence-electron chi connectivity index (χ3n) is 4.57. The van der Waals surface area contributed by atoms with Crippen molar-refractivity contribution in [1.82, 2.24) is 10.2 Å². The van der Waals surface area contributed by atoms with Crippen molar-refractivity contribution in [3.63, 3.8) is 0 Å². The molecule has 0 aromatic heterocycles. The molecular formula is C23H29ClN2O2. The number of halogens is 1. The molecule has 1 unspecified atom stereocenters. The lowest BCUT2D eigenvalue weighted by Gasteiger charge is -2.32. The highest BCUT2D eigenvalue weighted by molar-refractivity contribution is 6.31. The Kier molecular flexibility index (Phi) is 7.25. The van der Waals surface area contributed by atoms with Crippen LogP contribution in [0.1, 0.15) is 44.4 Å². The molecule has 0 aliphatic rings. The average Bonchev–Trinajstić information content (AvgIpc) is 2.61. The zero-order valence-electron chi connectivity index (χ0n) is 17.3. The van der Waals surface area contributed by atoms with Gasteiger partial charge in [0.05, 0.1) is 6.42 Å². The fraction of sp³-hybridized carbons (Fsp3) is 0.391. The molecule has 5 heteroatoms. The Bertz CT molecular complexity index is 842. The Morgan fingerprint density at radius 3 is 2.18 bits per heavy atom. The maximum absolute atomic E-state index is 13.2. The van der Waals surface area contributed by atoms with E-state index in [-0.39, 0.29) is 23.8 Å². The summed E-state index contributed by atoms with van der Waals surface area (Å²) < 4.78 is 0. The number of carbonyl (C=O) groups excluding carboxylic acids is 2. The molecule has 0 spiro atoms. The topological polar surface area (TPSA) is 49.4 Å². The summed E-state index contributed by atoms with van der Waals surface area (Å²) in [7, 11) is 0. The molecule has 0 aliphatic heterocycles. The summed E-state index contributed by atoms with van der Waals surface area (Å²) in [5.74, 6) is -0.304. The molecule has 4 nitrogen and oxygen atoms in total. The van der Waals surface area contributed by atoms with Crippen LogP contribution in [0.5, 0.6) is 0 Å². The number of rotatable bonds is 6. The molecule has 0 fully saturated rings. The van der Waals surface area contributed by atoms with Crippen LogP contribution >= 0.6 is 11.6 Å². The molecule has 0 radical (unpaired) electrons. The second kappa shape index (κ2) is 9.24. The third kappa shape index (κ3) is 6.10. The molecule has 1 N–H and O–H groups in total. The number of nitrogens with zero attached hydrogens (tertiary/aromatic N) is 1. The van der Waals surface area contributed by atoms with E-state index in [4.69, 9.17) is 11.6 Å². The molecule has 2 aromatic rings. The molecule has 0 saturated carbocycles. The smallest absolute Gasteiger partial charge is 0.242 e. The van der Waals surface area contributed by atoms with E-state index in [2.05, 4.69) is 5.32 Å². The summed E-state index contributed by atoms with van der Waals surface area (Å²) in [6.07, 6.45) is 0.151. The SMILES string of the molecule is Cc1ccccc1CN(C(=O)Cc1ccccc1Cl)C(C)C(=O)NC(C)(C)C. The van der Waals surface area contributed by atoms with E-state index in [9.17, 15) is 9.59 Å². The summed E-state index contributed by atoms with van der Waals surface area (Å²) in [6.45, 7) is 9.92. The number of aryl methyl sites for hydroxylation is 1. The van der Waals surface area contributed by atoms with E-state index in [1.807, 2.05) is 70.2 Å². The minimum absolute atomic E-state index is 0.132. The molecule has 0 heterocycles. The van der Waals surface area contributed by atoms with Crippen molar-refractivity contribution in [3.8, 4) is 0 Å². The molecular weight excluding hydrogens is 372 g/mol. The van der Waals surface area contributed by atoms with Crippen LogP contribution in [0.25, 0.3) is 0 Å². The Morgan fingerprint density at radius 1 is 1.04 bits per heavy atom. The van der Waals surface area contributed by atoms with Crippen LogP contribution in [-0.4, -0.2) is 28.3 Å². The first-order valence-corrected chi connectivity index (χ1v) is 9.85. The Labute approximate surface area is 172 Å². The molecule has 2 rings (SSSR count). The van der Waals surface area contributed by atoms with E-state index in [0.29, 0.717) is 11.6 Å². The summed E-state index contributed by atoms with van der Waals surface area (Å²) in [6, 6.07) is 14.6. The number of hydrogen-bond acceptors (Lipinski definition) is 2. The Balaban J connectivity index is 2.29. The van der Waals surface area contributed by atoms with Crippen molar-refractivity contribution in [3.05, 3.63) is 70.2 Å². The minimum Gasteiger partial charge on any atom is -0.350 e. The lowest BCUT2D eigenvalue weighted by Crippen LogP contribution is -2.52. The van der Waals surface area contributed by atoms with Crippen LogP contribution in [0.15, 0.2) is 48.5 Å². The number of benzene rings is 2. The van der Waals surface area contributed by atoms with E-state index in [1.165, 1.54) is 0 Å². The molecule has 0 bridgehead atoms. The summed E-state index contributed by atoms with van der Waals surface area (Å²) in [4.78, 5) is 27.6. The standard InChI is InChI=1S/C23H29ClN2O2/c1-16-10-6-7-12-19(16)15-26(17(2)22(28)25-23(3,4)5)21(27)14-18-11-8-9-13-20(18)24/h6-13,17H,14-15H2,1-5H3,(H,25,28). The molecule has 28 heavy (non-hydrogen) atoms. The molecule has 0 aliphatic carbocycles. The quantitative estimate of drug-likeness (QED) is 0.774. The van der Waals surface area contributed by atoms with Gasteiger partial charge >= 0.3 is 0 Å². The van der Waals surface area contributed by atoms with Gasteiger partial charge in [-0.3, -0.25) is 9.59 Å². The van der Waals surface area contributed by atoms with Crippen LogP contribution in [-0.2, 0) is 22.6 Å². The third-order valence-corrected chi connectivity index (χ3v) is 4.94. The van der Waals surface area contributed by atoms with Gasteiger partial charge in [-0.15, -0.1) is 0 Å². The number of hydrogen-bond donors (Lipinski definition) is 1.